The van der Waals surface area contributed by atoms with Crippen LogP contribution in [-0.2, 0) is 13.1 Å². The molecule has 0 spiro atoms. The van der Waals surface area contributed by atoms with Crippen LogP contribution in [0.5, 0.6) is 0 Å². The molecule has 0 saturated heterocycles. The van der Waals surface area contributed by atoms with Crippen LogP contribution in [0.25, 0.3) is 11.3 Å². The highest BCUT2D eigenvalue weighted by atomic mass is 19.1. The SMILES string of the molecule is Cc1ccc(CNC(=O)c2nc(Cn3nc(-c4ccc(F)cc4)ccc3=O)no2)o1. The van der Waals surface area contributed by atoms with Gasteiger partial charge in [-0.3, -0.25) is 9.59 Å². The minimum Gasteiger partial charge on any atom is -0.465 e. The average Bonchev–Trinajstić information content (AvgIpc) is 3.37. The molecule has 0 radical (unpaired) electrons. The second kappa shape index (κ2) is 8.11. The molecule has 0 bridgehead atoms. The van der Waals surface area contributed by atoms with Crippen molar-refractivity contribution in [2.45, 2.75) is 20.0 Å². The van der Waals surface area contributed by atoms with E-state index in [2.05, 4.69) is 20.6 Å². The maximum atomic E-state index is 13.1. The molecule has 0 saturated carbocycles. The molecule has 0 aliphatic heterocycles. The van der Waals surface area contributed by atoms with Gasteiger partial charge in [-0.1, -0.05) is 5.16 Å². The van der Waals surface area contributed by atoms with Gasteiger partial charge < -0.3 is 14.3 Å². The van der Waals surface area contributed by atoms with E-state index >= 15 is 0 Å². The van der Waals surface area contributed by atoms with Gasteiger partial charge in [0.05, 0.1) is 12.2 Å². The maximum Gasteiger partial charge on any atom is 0.316 e. The Labute approximate surface area is 169 Å². The van der Waals surface area contributed by atoms with Gasteiger partial charge in [-0.25, -0.2) is 9.07 Å². The molecule has 30 heavy (non-hydrogen) atoms. The summed E-state index contributed by atoms with van der Waals surface area (Å²) < 4.78 is 24.6. The Kier molecular flexibility index (Phi) is 5.21. The molecule has 1 N–H and O–H groups in total. The second-order valence-electron chi connectivity index (χ2n) is 6.43. The summed E-state index contributed by atoms with van der Waals surface area (Å²) in [6.45, 7) is 1.88. The van der Waals surface area contributed by atoms with E-state index in [1.165, 1.54) is 24.3 Å². The second-order valence-corrected chi connectivity index (χ2v) is 6.43. The summed E-state index contributed by atoms with van der Waals surface area (Å²) in [6.07, 6.45) is 0. The van der Waals surface area contributed by atoms with E-state index in [-0.39, 0.29) is 36.2 Å². The normalized spacial score (nSPS) is 10.9. The molecule has 0 aliphatic carbocycles. The van der Waals surface area contributed by atoms with Gasteiger partial charge in [-0.05, 0) is 49.4 Å². The molecule has 0 fully saturated rings. The largest absolute Gasteiger partial charge is 0.465 e. The molecule has 1 aromatic carbocycles. The lowest BCUT2D eigenvalue weighted by molar-refractivity contribution is 0.0904. The molecule has 0 atom stereocenters. The predicted molar refractivity (Wildman–Crippen MR) is 102 cm³/mol. The number of carbonyl (C=O) groups excluding carboxylic acids is 1. The monoisotopic (exact) mass is 409 g/mol. The van der Waals surface area contributed by atoms with Gasteiger partial charge in [0.25, 0.3) is 5.56 Å². The van der Waals surface area contributed by atoms with Gasteiger partial charge in [0.15, 0.2) is 5.82 Å². The third-order valence-electron chi connectivity index (χ3n) is 4.18. The van der Waals surface area contributed by atoms with Crippen molar-refractivity contribution in [1.82, 2.24) is 25.2 Å². The minimum atomic E-state index is -0.567. The highest BCUT2D eigenvalue weighted by molar-refractivity contribution is 5.89. The van der Waals surface area contributed by atoms with Crippen molar-refractivity contribution in [3.8, 4) is 11.3 Å². The van der Waals surface area contributed by atoms with Gasteiger partial charge in [0.1, 0.15) is 23.9 Å². The summed E-state index contributed by atoms with van der Waals surface area (Å²) in [4.78, 5) is 28.3. The first kappa shape index (κ1) is 19.2. The van der Waals surface area contributed by atoms with Crippen LogP contribution in [0.3, 0.4) is 0 Å². The number of rotatable bonds is 6. The van der Waals surface area contributed by atoms with Crippen LogP contribution >= 0.6 is 0 Å². The number of aromatic nitrogens is 4. The Hall–Kier alpha value is -4.08. The van der Waals surface area contributed by atoms with Crippen LogP contribution in [-0.4, -0.2) is 25.8 Å². The van der Waals surface area contributed by atoms with E-state index in [0.29, 0.717) is 17.0 Å². The van der Waals surface area contributed by atoms with Gasteiger partial charge in [0, 0.05) is 11.6 Å². The summed E-state index contributed by atoms with van der Waals surface area (Å²) in [5, 5.41) is 10.6. The molecule has 10 heteroatoms. The van der Waals surface area contributed by atoms with E-state index in [9.17, 15) is 14.0 Å². The molecular weight excluding hydrogens is 393 g/mol. The summed E-state index contributed by atoms with van der Waals surface area (Å²) in [5.74, 6) is 0.264. The Morgan fingerprint density at radius 1 is 1.13 bits per heavy atom. The van der Waals surface area contributed by atoms with E-state index < -0.39 is 5.91 Å². The van der Waals surface area contributed by atoms with Crippen molar-refractivity contribution in [2.75, 3.05) is 0 Å². The first-order chi connectivity index (χ1) is 14.5. The standard InChI is InChI=1S/C20H16FN5O4/c1-12-2-7-15(29-12)10-22-19(28)20-23-17(25-30-20)11-26-18(27)9-8-16(24-26)13-3-5-14(21)6-4-13/h2-9H,10-11H2,1H3,(H,22,28). The summed E-state index contributed by atoms with van der Waals surface area (Å²) >= 11 is 0. The number of hydrogen-bond donors (Lipinski definition) is 1. The van der Waals surface area contributed by atoms with Crippen LogP contribution < -0.4 is 10.9 Å². The molecule has 9 nitrogen and oxygen atoms in total. The molecule has 4 rings (SSSR count). The van der Waals surface area contributed by atoms with Crippen molar-refractivity contribution >= 4 is 5.91 Å². The van der Waals surface area contributed by atoms with Crippen molar-refractivity contribution in [2.24, 2.45) is 0 Å². The molecule has 4 aromatic rings. The van der Waals surface area contributed by atoms with Crippen LogP contribution in [0.4, 0.5) is 4.39 Å². The number of carbonyl (C=O) groups is 1. The van der Waals surface area contributed by atoms with Crippen molar-refractivity contribution in [3.63, 3.8) is 0 Å². The minimum absolute atomic E-state index is 0.0952. The Balaban J connectivity index is 1.46. The van der Waals surface area contributed by atoms with Crippen LogP contribution in [0, 0.1) is 12.7 Å². The number of nitrogens with one attached hydrogen (secondary N) is 1. The third kappa shape index (κ3) is 4.32. The summed E-state index contributed by atoms with van der Waals surface area (Å²) in [7, 11) is 0. The first-order valence-corrected chi connectivity index (χ1v) is 8.98. The van der Waals surface area contributed by atoms with E-state index in [4.69, 9.17) is 8.94 Å². The van der Waals surface area contributed by atoms with Crippen molar-refractivity contribution in [1.29, 1.82) is 0 Å². The quantitative estimate of drug-likeness (QED) is 0.519. The number of furan rings is 1. The average molecular weight is 409 g/mol. The fourth-order valence-electron chi connectivity index (χ4n) is 2.70. The predicted octanol–water partition coefficient (Wildman–Crippen LogP) is 2.31. The van der Waals surface area contributed by atoms with Gasteiger partial charge in [-0.2, -0.15) is 10.1 Å². The lowest BCUT2D eigenvalue weighted by atomic mass is 10.1. The summed E-state index contributed by atoms with van der Waals surface area (Å²) in [6, 6.07) is 12.1. The molecule has 3 aromatic heterocycles. The van der Waals surface area contributed by atoms with Gasteiger partial charge in [0.2, 0.25) is 0 Å². The summed E-state index contributed by atoms with van der Waals surface area (Å²) in [5.41, 5.74) is 0.737. The van der Waals surface area contributed by atoms with Gasteiger partial charge in [-0.15, -0.1) is 0 Å². The highest BCUT2D eigenvalue weighted by Crippen LogP contribution is 2.15. The van der Waals surface area contributed by atoms with E-state index in [0.717, 1.165) is 10.4 Å². The smallest absolute Gasteiger partial charge is 0.316 e. The van der Waals surface area contributed by atoms with Crippen LogP contribution in [0.1, 0.15) is 28.0 Å². The maximum absolute atomic E-state index is 13.1. The molecule has 3 heterocycles. The lowest BCUT2D eigenvalue weighted by Crippen LogP contribution is -2.24. The van der Waals surface area contributed by atoms with Crippen LogP contribution in [0.15, 0.2) is 62.3 Å². The molecule has 0 unspecified atom stereocenters. The number of hydrogen-bond acceptors (Lipinski definition) is 7. The van der Waals surface area contributed by atoms with Gasteiger partial charge >= 0.3 is 11.8 Å². The third-order valence-corrected chi connectivity index (χ3v) is 4.18. The van der Waals surface area contributed by atoms with Crippen molar-refractivity contribution < 1.29 is 18.1 Å². The zero-order valence-corrected chi connectivity index (χ0v) is 15.8. The van der Waals surface area contributed by atoms with E-state index in [1.807, 2.05) is 0 Å². The fraction of sp³-hybridized carbons (Fsp3) is 0.150. The first-order valence-electron chi connectivity index (χ1n) is 8.98. The molecule has 1 amide bonds. The topological polar surface area (TPSA) is 116 Å². The number of aryl methyl sites for hydroxylation is 1. The molecule has 0 aliphatic rings. The van der Waals surface area contributed by atoms with E-state index in [1.54, 1.807) is 31.2 Å². The number of benzene rings is 1. The van der Waals surface area contributed by atoms with Crippen LogP contribution in [0.2, 0.25) is 0 Å². The Morgan fingerprint density at radius 3 is 2.67 bits per heavy atom. The number of nitrogens with zero attached hydrogens (tertiary/aromatic N) is 4. The number of halogens is 1. The van der Waals surface area contributed by atoms with Crippen molar-refractivity contribution in [3.05, 3.63) is 87.9 Å². The lowest BCUT2D eigenvalue weighted by Gasteiger charge is -2.05. The molecule has 152 valence electrons. The Morgan fingerprint density at radius 2 is 1.93 bits per heavy atom. The Bertz CT molecular complexity index is 1240. The molecular formula is C20H16FN5O4. The highest BCUT2D eigenvalue weighted by Gasteiger charge is 2.16. The zero-order valence-electron chi connectivity index (χ0n) is 15.8. The zero-order chi connectivity index (χ0) is 21.1. The number of amides is 1. The fourth-order valence-corrected chi connectivity index (χ4v) is 2.70.